The van der Waals surface area contributed by atoms with E-state index in [1.807, 2.05) is 0 Å². The summed E-state index contributed by atoms with van der Waals surface area (Å²) in [5, 5.41) is 0. The molecule has 0 fully saturated rings. The number of hydrogen-bond donors (Lipinski definition) is 0. The van der Waals surface area contributed by atoms with E-state index < -0.39 is 7.26 Å². The molecule has 1 unspecified atom stereocenters. The molecule has 0 aliphatic heterocycles. The van der Waals surface area contributed by atoms with Crippen molar-refractivity contribution in [3.8, 4) is 0 Å². The second kappa shape index (κ2) is 26.5. The first-order valence-corrected chi connectivity index (χ1v) is 18.9. The predicted octanol–water partition coefficient (Wildman–Crippen LogP) is 12.8. The summed E-state index contributed by atoms with van der Waals surface area (Å²) in [7, 11) is -0.810. The van der Waals surface area contributed by atoms with Crippen molar-refractivity contribution in [1.82, 2.24) is 0 Å². The Hall–Kier alpha value is 0.430. The Labute approximate surface area is 220 Å². The summed E-state index contributed by atoms with van der Waals surface area (Å²) in [4.78, 5) is 0. The van der Waals surface area contributed by atoms with E-state index in [0.29, 0.717) is 0 Å². The van der Waals surface area contributed by atoms with Crippen molar-refractivity contribution >= 4 is 7.26 Å². The molecule has 0 aliphatic rings. The maximum absolute atomic E-state index is 2.72. The Balaban J connectivity index is 4.97. The van der Waals surface area contributed by atoms with Gasteiger partial charge in [0.05, 0.1) is 24.1 Å². The van der Waals surface area contributed by atoms with Crippen molar-refractivity contribution in [1.29, 1.82) is 0 Å². The average molecular weight is 498 g/mol. The standard InChI is InChI=1S/C33H70P/c1-6-10-14-18-22-26-30-34(31-27-23-19-15-11-7-2,32-28-24-20-16-12-8-3)33(5)29-25-21-17-13-9-4/h33H,6-32H2,1-5H3/q+1. The molecule has 0 bridgehead atoms. The molecule has 206 valence electrons. The summed E-state index contributed by atoms with van der Waals surface area (Å²) in [6.07, 6.45) is 40.3. The summed E-state index contributed by atoms with van der Waals surface area (Å²) >= 11 is 0. The van der Waals surface area contributed by atoms with Gasteiger partial charge in [-0.2, -0.15) is 0 Å². The van der Waals surface area contributed by atoms with Gasteiger partial charge in [-0.15, -0.1) is 0 Å². The molecule has 0 amide bonds. The van der Waals surface area contributed by atoms with Gasteiger partial charge in [-0.25, -0.2) is 0 Å². The highest BCUT2D eigenvalue weighted by Gasteiger charge is 2.41. The first-order valence-electron chi connectivity index (χ1n) is 16.5. The summed E-state index contributed by atoms with van der Waals surface area (Å²) in [6.45, 7) is 12.1. The van der Waals surface area contributed by atoms with E-state index >= 15 is 0 Å². The second-order valence-corrected chi connectivity index (χ2v) is 16.4. The monoisotopic (exact) mass is 498 g/mol. The van der Waals surface area contributed by atoms with Crippen molar-refractivity contribution in [2.45, 2.75) is 194 Å². The minimum absolute atomic E-state index is 0.810. The van der Waals surface area contributed by atoms with E-state index in [0.717, 1.165) is 5.66 Å². The van der Waals surface area contributed by atoms with Gasteiger partial charge in [0.25, 0.3) is 0 Å². The van der Waals surface area contributed by atoms with Crippen LogP contribution in [0.25, 0.3) is 0 Å². The molecule has 0 radical (unpaired) electrons. The highest BCUT2D eigenvalue weighted by molar-refractivity contribution is 7.76. The molecule has 0 saturated carbocycles. The molecule has 34 heavy (non-hydrogen) atoms. The minimum atomic E-state index is -0.810. The van der Waals surface area contributed by atoms with Gasteiger partial charge in [0.1, 0.15) is 0 Å². The van der Waals surface area contributed by atoms with Gasteiger partial charge >= 0.3 is 0 Å². The molecule has 0 aromatic rings. The Bertz CT molecular complexity index is 336. The molecule has 0 rings (SSSR count). The lowest BCUT2D eigenvalue weighted by atomic mass is 10.1. The largest absolute Gasteiger partial charge is 0.0669 e. The molecule has 0 spiro atoms. The summed E-state index contributed by atoms with van der Waals surface area (Å²) in [5.74, 6) is 0. The van der Waals surface area contributed by atoms with Crippen LogP contribution >= 0.6 is 7.26 Å². The SMILES string of the molecule is CCCCCCCC[P+](CCCCCCCC)(CCCCCCCC)C(C)CCCCCCC. The molecule has 1 atom stereocenters. The lowest BCUT2D eigenvalue weighted by Gasteiger charge is -2.34. The first-order chi connectivity index (χ1) is 16.7. The van der Waals surface area contributed by atoms with Gasteiger partial charge < -0.3 is 0 Å². The van der Waals surface area contributed by atoms with Crippen LogP contribution in [0.3, 0.4) is 0 Å². The van der Waals surface area contributed by atoms with Gasteiger partial charge in [0.2, 0.25) is 0 Å². The highest BCUT2D eigenvalue weighted by atomic mass is 31.2. The van der Waals surface area contributed by atoms with Gasteiger partial charge in [-0.3, -0.25) is 0 Å². The van der Waals surface area contributed by atoms with E-state index in [2.05, 4.69) is 34.6 Å². The van der Waals surface area contributed by atoms with Crippen LogP contribution in [0, 0.1) is 0 Å². The molecule has 0 nitrogen and oxygen atoms in total. The lowest BCUT2D eigenvalue weighted by molar-refractivity contribution is 0.593. The number of hydrogen-bond acceptors (Lipinski definition) is 0. The molecule has 1 heteroatoms. The molecule has 0 saturated heterocycles. The van der Waals surface area contributed by atoms with Crippen LogP contribution in [-0.4, -0.2) is 24.1 Å². The normalized spacial score (nSPS) is 13.0. The summed E-state index contributed by atoms with van der Waals surface area (Å²) < 4.78 is 0. The fraction of sp³-hybridized carbons (Fsp3) is 1.00. The smallest absolute Gasteiger partial charge is 0.0654 e. The molecule has 0 aromatic carbocycles. The van der Waals surface area contributed by atoms with E-state index in [1.165, 1.54) is 128 Å². The van der Waals surface area contributed by atoms with Crippen molar-refractivity contribution in [3.63, 3.8) is 0 Å². The average Bonchev–Trinajstić information content (AvgIpc) is 2.84. The van der Waals surface area contributed by atoms with Crippen LogP contribution in [0.4, 0.5) is 0 Å². The third-order valence-electron chi connectivity index (χ3n) is 8.53. The topological polar surface area (TPSA) is 0 Å². The number of unbranched alkanes of at least 4 members (excludes halogenated alkanes) is 19. The van der Waals surface area contributed by atoms with E-state index in [4.69, 9.17) is 0 Å². The third-order valence-corrected chi connectivity index (χ3v) is 14.3. The predicted molar refractivity (Wildman–Crippen MR) is 164 cm³/mol. The molecule has 0 heterocycles. The Kier molecular flexibility index (Phi) is 26.8. The fourth-order valence-corrected chi connectivity index (χ4v) is 11.2. The lowest BCUT2D eigenvalue weighted by Crippen LogP contribution is -2.20. The Morgan fingerprint density at radius 2 is 0.618 bits per heavy atom. The zero-order chi connectivity index (χ0) is 25.2. The summed E-state index contributed by atoms with van der Waals surface area (Å²) in [5.41, 5.74) is 1.04. The van der Waals surface area contributed by atoms with Gasteiger partial charge in [0.15, 0.2) is 0 Å². The summed E-state index contributed by atoms with van der Waals surface area (Å²) in [6, 6.07) is 0. The van der Waals surface area contributed by atoms with Crippen LogP contribution in [0.2, 0.25) is 0 Å². The van der Waals surface area contributed by atoms with Gasteiger partial charge in [0, 0.05) is 7.26 Å². The van der Waals surface area contributed by atoms with Crippen molar-refractivity contribution in [3.05, 3.63) is 0 Å². The first kappa shape index (κ1) is 34.4. The third kappa shape index (κ3) is 19.6. The van der Waals surface area contributed by atoms with Crippen LogP contribution in [0.1, 0.15) is 189 Å². The Morgan fingerprint density at radius 3 is 0.941 bits per heavy atom. The van der Waals surface area contributed by atoms with E-state index in [1.54, 1.807) is 44.2 Å². The molecular formula is C33H70P+. The number of rotatable bonds is 28. The van der Waals surface area contributed by atoms with E-state index in [-0.39, 0.29) is 0 Å². The zero-order valence-electron chi connectivity index (χ0n) is 25.1. The Morgan fingerprint density at radius 1 is 0.353 bits per heavy atom. The highest BCUT2D eigenvalue weighted by Crippen LogP contribution is 2.66. The van der Waals surface area contributed by atoms with Crippen LogP contribution < -0.4 is 0 Å². The second-order valence-electron chi connectivity index (χ2n) is 11.7. The van der Waals surface area contributed by atoms with Crippen molar-refractivity contribution < 1.29 is 0 Å². The molecule has 0 aliphatic carbocycles. The van der Waals surface area contributed by atoms with Crippen molar-refractivity contribution in [2.75, 3.05) is 18.5 Å². The quantitative estimate of drug-likeness (QED) is 0.0744. The maximum Gasteiger partial charge on any atom is 0.0669 e. The fourth-order valence-electron chi connectivity index (χ4n) is 5.93. The molecule has 0 N–H and O–H groups in total. The molecular weight excluding hydrogens is 427 g/mol. The maximum atomic E-state index is 2.72. The van der Waals surface area contributed by atoms with E-state index in [9.17, 15) is 0 Å². The van der Waals surface area contributed by atoms with Crippen molar-refractivity contribution in [2.24, 2.45) is 0 Å². The minimum Gasteiger partial charge on any atom is -0.0654 e. The zero-order valence-corrected chi connectivity index (χ0v) is 26.0. The van der Waals surface area contributed by atoms with Gasteiger partial charge in [-0.05, 0) is 58.3 Å². The van der Waals surface area contributed by atoms with Crippen LogP contribution in [-0.2, 0) is 0 Å². The molecule has 0 aromatic heterocycles. The van der Waals surface area contributed by atoms with Crippen LogP contribution in [0.5, 0.6) is 0 Å². The van der Waals surface area contributed by atoms with Gasteiger partial charge in [-0.1, -0.05) is 130 Å². The van der Waals surface area contributed by atoms with Crippen LogP contribution in [0.15, 0.2) is 0 Å².